The molecule has 0 bridgehead atoms. The summed E-state index contributed by atoms with van der Waals surface area (Å²) in [5, 5.41) is 0. The number of benzene rings is 2. The fourth-order valence-electron chi connectivity index (χ4n) is 4.44. The molecule has 2 aliphatic heterocycles. The van der Waals surface area contributed by atoms with Gasteiger partial charge in [0.1, 0.15) is 5.69 Å². The van der Waals surface area contributed by atoms with Crippen LogP contribution in [0.1, 0.15) is 22.5 Å². The number of nitrogens with zero attached hydrogens (tertiary/aromatic N) is 4. The van der Waals surface area contributed by atoms with Gasteiger partial charge in [-0.2, -0.15) is 0 Å². The number of pyridine rings is 1. The summed E-state index contributed by atoms with van der Waals surface area (Å²) in [7, 11) is 0. The Morgan fingerprint density at radius 2 is 1.53 bits per heavy atom. The first-order valence-electron chi connectivity index (χ1n) is 10.7. The molecule has 3 aromatic rings. The number of carbonyl (C=O) groups excluding carboxylic acids is 1. The van der Waals surface area contributed by atoms with E-state index in [1.807, 2.05) is 29.3 Å². The monoisotopic (exact) mass is 398 g/mol. The molecule has 1 fully saturated rings. The van der Waals surface area contributed by atoms with E-state index >= 15 is 0 Å². The lowest BCUT2D eigenvalue weighted by Crippen LogP contribution is -2.49. The molecule has 0 atom stereocenters. The number of para-hydroxylation sites is 2. The van der Waals surface area contributed by atoms with Gasteiger partial charge in [-0.15, -0.1) is 0 Å². The molecule has 1 aromatic heterocycles. The van der Waals surface area contributed by atoms with E-state index in [4.69, 9.17) is 0 Å². The number of rotatable bonds is 3. The molecule has 0 unspecified atom stereocenters. The molecule has 5 nitrogen and oxygen atoms in total. The van der Waals surface area contributed by atoms with Crippen LogP contribution in [-0.4, -0.2) is 48.5 Å². The first-order chi connectivity index (χ1) is 14.8. The summed E-state index contributed by atoms with van der Waals surface area (Å²) in [6.45, 7) is 4.11. The number of hydrogen-bond donors (Lipinski definition) is 0. The fourth-order valence-corrected chi connectivity index (χ4v) is 4.44. The van der Waals surface area contributed by atoms with Crippen LogP contribution in [0.2, 0.25) is 0 Å². The molecule has 0 N–H and O–H groups in total. The van der Waals surface area contributed by atoms with Crippen molar-refractivity contribution in [3.8, 4) is 0 Å². The molecule has 1 amide bonds. The van der Waals surface area contributed by atoms with Crippen molar-refractivity contribution in [1.29, 1.82) is 0 Å². The second-order valence-electron chi connectivity index (χ2n) is 7.90. The van der Waals surface area contributed by atoms with Crippen molar-refractivity contribution >= 4 is 23.0 Å². The summed E-state index contributed by atoms with van der Waals surface area (Å²) >= 11 is 0. The van der Waals surface area contributed by atoms with Crippen molar-refractivity contribution in [2.45, 2.75) is 12.8 Å². The van der Waals surface area contributed by atoms with Crippen molar-refractivity contribution < 1.29 is 4.79 Å². The molecule has 152 valence electrons. The van der Waals surface area contributed by atoms with Crippen LogP contribution in [0, 0.1) is 0 Å². The van der Waals surface area contributed by atoms with Crippen LogP contribution in [0.25, 0.3) is 0 Å². The predicted molar refractivity (Wildman–Crippen MR) is 121 cm³/mol. The first-order valence-corrected chi connectivity index (χ1v) is 10.7. The Labute approximate surface area is 177 Å². The minimum atomic E-state index is 0.0216. The zero-order chi connectivity index (χ0) is 20.3. The second-order valence-corrected chi connectivity index (χ2v) is 7.90. The van der Waals surface area contributed by atoms with Gasteiger partial charge >= 0.3 is 0 Å². The minimum Gasteiger partial charge on any atom is -0.368 e. The molecular formula is C25H26N4O. The summed E-state index contributed by atoms with van der Waals surface area (Å²) in [5.74, 6) is 0.0216. The molecule has 5 rings (SSSR count). The van der Waals surface area contributed by atoms with E-state index in [1.165, 1.54) is 16.9 Å². The van der Waals surface area contributed by atoms with Crippen molar-refractivity contribution in [1.82, 2.24) is 9.88 Å². The van der Waals surface area contributed by atoms with Gasteiger partial charge in [0.25, 0.3) is 5.91 Å². The van der Waals surface area contributed by atoms with Gasteiger partial charge in [0, 0.05) is 44.1 Å². The molecule has 0 saturated carbocycles. The quantitative estimate of drug-likeness (QED) is 0.665. The summed E-state index contributed by atoms with van der Waals surface area (Å²) in [4.78, 5) is 24.0. The highest BCUT2D eigenvalue weighted by atomic mass is 16.2. The average Bonchev–Trinajstić information content (AvgIpc) is 2.84. The number of aromatic nitrogens is 1. The lowest BCUT2D eigenvalue weighted by atomic mass is 10.0. The molecule has 2 aromatic carbocycles. The maximum Gasteiger partial charge on any atom is 0.272 e. The van der Waals surface area contributed by atoms with Gasteiger partial charge in [-0.25, -0.2) is 4.98 Å². The highest BCUT2D eigenvalue weighted by Crippen LogP contribution is 2.32. The zero-order valence-corrected chi connectivity index (χ0v) is 17.1. The molecule has 30 heavy (non-hydrogen) atoms. The third-order valence-electron chi connectivity index (χ3n) is 6.08. The number of piperazine rings is 1. The van der Waals surface area contributed by atoms with Gasteiger partial charge in [0.15, 0.2) is 0 Å². The van der Waals surface area contributed by atoms with Crippen molar-refractivity contribution in [2.75, 3.05) is 42.5 Å². The number of amides is 1. The van der Waals surface area contributed by atoms with Gasteiger partial charge in [-0.1, -0.05) is 36.4 Å². The van der Waals surface area contributed by atoms with Crippen LogP contribution in [0.4, 0.5) is 17.1 Å². The molecule has 5 heteroatoms. The van der Waals surface area contributed by atoms with Gasteiger partial charge < -0.3 is 14.7 Å². The fraction of sp³-hybridized carbons (Fsp3) is 0.280. The smallest absolute Gasteiger partial charge is 0.272 e. The van der Waals surface area contributed by atoms with Crippen molar-refractivity contribution in [3.63, 3.8) is 0 Å². The molecule has 0 radical (unpaired) electrons. The first kappa shape index (κ1) is 18.7. The molecule has 2 aliphatic rings. The lowest BCUT2D eigenvalue weighted by Gasteiger charge is -2.36. The van der Waals surface area contributed by atoms with E-state index in [2.05, 4.69) is 63.3 Å². The highest BCUT2D eigenvalue weighted by Gasteiger charge is 2.24. The number of carbonyl (C=O) groups is 1. The van der Waals surface area contributed by atoms with Gasteiger partial charge in [0.2, 0.25) is 0 Å². The Balaban J connectivity index is 1.26. The van der Waals surface area contributed by atoms with Gasteiger partial charge in [0.05, 0.1) is 11.9 Å². The van der Waals surface area contributed by atoms with Crippen molar-refractivity contribution in [3.05, 3.63) is 84.2 Å². The maximum atomic E-state index is 13.0. The van der Waals surface area contributed by atoms with Crippen LogP contribution in [0.15, 0.2) is 72.9 Å². The largest absolute Gasteiger partial charge is 0.368 e. The SMILES string of the molecule is O=C(c1ccc(N2CCCc3ccccc32)cn1)N1CCN(c2ccccc2)CC1. The van der Waals surface area contributed by atoms with E-state index in [0.29, 0.717) is 5.69 Å². The molecule has 0 spiro atoms. The van der Waals surface area contributed by atoms with Crippen LogP contribution >= 0.6 is 0 Å². The summed E-state index contributed by atoms with van der Waals surface area (Å²) < 4.78 is 0. The predicted octanol–water partition coefficient (Wildman–Crippen LogP) is 4.13. The molecular weight excluding hydrogens is 372 g/mol. The topological polar surface area (TPSA) is 39.7 Å². The minimum absolute atomic E-state index is 0.0216. The van der Waals surface area contributed by atoms with Gasteiger partial charge in [-0.05, 0) is 48.7 Å². The van der Waals surface area contributed by atoms with Crippen LogP contribution in [-0.2, 0) is 6.42 Å². The average molecular weight is 399 g/mol. The van der Waals surface area contributed by atoms with Crippen LogP contribution in [0.3, 0.4) is 0 Å². The Hall–Kier alpha value is -3.34. The van der Waals surface area contributed by atoms with Crippen molar-refractivity contribution in [2.24, 2.45) is 0 Å². The van der Waals surface area contributed by atoms with E-state index in [1.54, 1.807) is 0 Å². The number of hydrogen-bond acceptors (Lipinski definition) is 4. The van der Waals surface area contributed by atoms with Crippen LogP contribution in [0.5, 0.6) is 0 Å². The molecule has 3 heterocycles. The Morgan fingerprint density at radius 1 is 0.767 bits per heavy atom. The zero-order valence-electron chi connectivity index (χ0n) is 17.1. The summed E-state index contributed by atoms with van der Waals surface area (Å²) in [6.07, 6.45) is 4.09. The standard InChI is InChI=1S/C25H26N4O/c30-25(28-17-15-27(16-18-28)21-9-2-1-3-10-21)23-13-12-22(19-26-23)29-14-6-8-20-7-4-5-11-24(20)29/h1-5,7,9-13,19H,6,8,14-18H2. The van der Waals surface area contributed by atoms with Crippen LogP contribution < -0.4 is 9.80 Å². The number of aryl methyl sites for hydroxylation is 1. The van der Waals surface area contributed by atoms with E-state index in [9.17, 15) is 4.79 Å². The highest BCUT2D eigenvalue weighted by molar-refractivity contribution is 5.92. The third-order valence-corrected chi connectivity index (χ3v) is 6.08. The maximum absolute atomic E-state index is 13.0. The van der Waals surface area contributed by atoms with E-state index in [-0.39, 0.29) is 5.91 Å². The number of anilines is 3. The second kappa shape index (κ2) is 8.19. The summed E-state index contributed by atoms with van der Waals surface area (Å²) in [6, 6.07) is 22.8. The Bertz CT molecular complexity index is 1010. The number of fused-ring (bicyclic) bond motifs is 1. The Kier molecular flexibility index (Phi) is 5.10. The van der Waals surface area contributed by atoms with E-state index in [0.717, 1.165) is 51.3 Å². The molecule has 1 saturated heterocycles. The Morgan fingerprint density at radius 3 is 2.30 bits per heavy atom. The molecule has 0 aliphatic carbocycles. The third kappa shape index (κ3) is 3.63. The normalized spacial score (nSPS) is 16.3. The van der Waals surface area contributed by atoms with Gasteiger partial charge in [-0.3, -0.25) is 4.79 Å². The van der Waals surface area contributed by atoms with E-state index < -0.39 is 0 Å². The lowest BCUT2D eigenvalue weighted by molar-refractivity contribution is 0.0741. The summed E-state index contributed by atoms with van der Waals surface area (Å²) in [5.41, 5.74) is 5.42.